The molecular weight excluding hydrogens is 267 g/mol. The number of halogens is 1. The first-order valence-electron chi connectivity index (χ1n) is 6.42. The zero-order chi connectivity index (χ0) is 14.5. The summed E-state index contributed by atoms with van der Waals surface area (Å²) in [6, 6.07) is 3.67. The average molecular weight is 288 g/mol. The van der Waals surface area contributed by atoms with E-state index in [2.05, 4.69) is 4.72 Å². The van der Waals surface area contributed by atoms with Crippen molar-refractivity contribution in [3.8, 4) is 0 Å². The van der Waals surface area contributed by atoms with Gasteiger partial charge in [0.25, 0.3) is 0 Å². The Bertz CT molecular complexity index is 513. The van der Waals surface area contributed by atoms with Crippen LogP contribution in [0, 0.1) is 11.7 Å². The SMILES string of the molecule is CCC(CC)CNS(=O)(=O)c1ccc(F)c(CN)c1. The summed E-state index contributed by atoms with van der Waals surface area (Å²) in [4.78, 5) is 0.0558. The lowest BCUT2D eigenvalue weighted by Crippen LogP contribution is -2.29. The Morgan fingerprint density at radius 3 is 2.47 bits per heavy atom. The molecule has 0 fully saturated rings. The topological polar surface area (TPSA) is 72.2 Å². The minimum atomic E-state index is -3.60. The molecule has 3 N–H and O–H groups in total. The molecule has 1 rings (SSSR count). The Morgan fingerprint density at radius 1 is 1.32 bits per heavy atom. The van der Waals surface area contributed by atoms with Crippen molar-refractivity contribution in [1.29, 1.82) is 0 Å². The van der Waals surface area contributed by atoms with Crippen molar-refractivity contribution in [2.24, 2.45) is 11.7 Å². The predicted molar refractivity (Wildman–Crippen MR) is 73.6 cm³/mol. The molecule has 0 amide bonds. The van der Waals surface area contributed by atoms with E-state index in [1.807, 2.05) is 13.8 Å². The molecule has 0 spiro atoms. The van der Waals surface area contributed by atoms with Gasteiger partial charge in [0.2, 0.25) is 10.0 Å². The second-order valence-electron chi connectivity index (χ2n) is 4.49. The normalized spacial score (nSPS) is 12.1. The molecule has 0 saturated carbocycles. The van der Waals surface area contributed by atoms with Crippen LogP contribution in [0.3, 0.4) is 0 Å². The summed E-state index contributed by atoms with van der Waals surface area (Å²) in [5.74, 6) is -0.175. The molecule has 0 aliphatic rings. The van der Waals surface area contributed by atoms with Gasteiger partial charge in [-0.25, -0.2) is 17.5 Å². The van der Waals surface area contributed by atoms with Gasteiger partial charge >= 0.3 is 0 Å². The first-order chi connectivity index (χ1) is 8.94. The zero-order valence-corrected chi connectivity index (χ0v) is 12.1. The van der Waals surface area contributed by atoms with Crippen LogP contribution in [-0.2, 0) is 16.6 Å². The highest BCUT2D eigenvalue weighted by atomic mass is 32.2. The molecule has 0 aliphatic carbocycles. The maximum absolute atomic E-state index is 13.3. The van der Waals surface area contributed by atoms with Gasteiger partial charge < -0.3 is 5.73 Å². The summed E-state index contributed by atoms with van der Waals surface area (Å²) in [6.45, 7) is 4.41. The predicted octanol–water partition coefficient (Wildman–Crippen LogP) is 2.00. The van der Waals surface area contributed by atoms with Crippen LogP contribution >= 0.6 is 0 Å². The van der Waals surface area contributed by atoms with Crippen molar-refractivity contribution >= 4 is 10.0 Å². The number of hydrogen-bond donors (Lipinski definition) is 2. The van der Waals surface area contributed by atoms with Gasteiger partial charge in [0.15, 0.2) is 0 Å². The van der Waals surface area contributed by atoms with Gasteiger partial charge in [-0.05, 0) is 24.1 Å². The molecule has 0 aromatic heterocycles. The molecule has 0 saturated heterocycles. The molecule has 0 atom stereocenters. The Morgan fingerprint density at radius 2 is 1.95 bits per heavy atom. The fourth-order valence-corrected chi connectivity index (χ4v) is 2.93. The van der Waals surface area contributed by atoms with Gasteiger partial charge in [-0.3, -0.25) is 0 Å². The fourth-order valence-electron chi connectivity index (χ4n) is 1.76. The number of nitrogens with two attached hydrogens (primary N) is 1. The summed E-state index contributed by atoms with van der Waals surface area (Å²) in [6.07, 6.45) is 1.83. The van der Waals surface area contributed by atoms with Crippen LogP contribution in [0.1, 0.15) is 32.3 Å². The standard InChI is InChI=1S/C13H21FN2O2S/c1-3-10(4-2)9-16-19(17,18)12-5-6-13(14)11(7-12)8-15/h5-7,10,16H,3-4,8-9,15H2,1-2H3. The van der Waals surface area contributed by atoms with Crippen LogP contribution in [-0.4, -0.2) is 15.0 Å². The van der Waals surface area contributed by atoms with Gasteiger partial charge in [-0.15, -0.1) is 0 Å². The lowest BCUT2D eigenvalue weighted by molar-refractivity contribution is 0.479. The second-order valence-corrected chi connectivity index (χ2v) is 6.26. The molecule has 19 heavy (non-hydrogen) atoms. The van der Waals surface area contributed by atoms with E-state index in [1.165, 1.54) is 12.1 Å². The monoisotopic (exact) mass is 288 g/mol. The summed E-state index contributed by atoms with van der Waals surface area (Å²) in [5, 5.41) is 0. The lowest BCUT2D eigenvalue weighted by atomic mass is 10.0. The molecule has 0 heterocycles. The summed E-state index contributed by atoms with van der Waals surface area (Å²) in [7, 11) is -3.60. The molecule has 0 unspecified atom stereocenters. The first-order valence-corrected chi connectivity index (χ1v) is 7.91. The van der Waals surface area contributed by atoms with E-state index in [-0.39, 0.29) is 17.0 Å². The van der Waals surface area contributed by atoms with Crippen LogP contribution in [0.25, 0.3) is 0 Å². The third-order valence-corrected chi connectivity index (χ3v) is 4.69. The van der Waals surface area contributed by atoms with Crippen molar-refractivity contribution in [3.63, 3.8) is 0 Å². The highest BCUT2D eigenvalue weighted by Crippen LogP contribution is 2.15. The van der Waals surface area contributed by atoms with Gasteiger partial charge in [0.05, 0.1) is 4.90 Å². The third kappa shape index (κ3) is 4.26. The Balaban J connectivity index is 2.88. The summed E-state index contributed by atoms with van der Waals surface area (Å²) < 4.78 is 40.0. The van der Waals surface area contributed by atoms with Crippen molar-refractivity contribution < 1.29 is 12.8 Å². The van der Waals surface area contributed by atoms with Crippen molar-refractivity contribution in [2.75, 3.05) is 6.54 Å². The highest BCUT2D eigenvalue weighted by molar-refractivity contribution is 7.89. The smallest absolute Gasteiger partial charge is 0.240 e. The van der Waals surface area contributed by atoms with Crippen LogP contribution in [0.5, 0.6) is 0 Å². The lowest BCUT2D eigenvalue weighted by Gasteiger charge is -2.14. The third-order valence-electron chi connectivity index (χ3n) is 3.26. The number of benzene rings is 1. The molecule has 1 aromatic rings. The molecule has 0 bridgehead atoms. The average Bonchev–Trinajstić information content (AvgIpc) is 2.40. The summed E-state index contributed by atoms with van der Waals surface area (Å²) in [5.41, 5.74) is 5.57. The van der Waals surface area contributed by atoms with E-state index in [0.717, 1.165) is 18.9 Å². The first kappa shape index (κ1) is 16.1. The van der Waals surface area contributed by atoms with E-state index in [9.17, 15) is 12.8 Å². The number of hydrogen-bond acceptors (Lipinski definition) is 3. The van der Waals surface area contributed by atoms with Crippen molar-refractivity contribution in [1.82, 2.24) is 4.72 Å². The zero-order valence-electron chi connectivity index (χ0n) is 11.3. The number of nitrogens with one attached hydrogen (secondary N) is 1. The van der Waals surface area contributed by atoms with E-state index >= 15 is 0 Å². The largest absolute Gasteiger partial charge is 0.326 e. The van der Waals surface area contributed by atoms with E-state index in [4.69, 9.17) is 5.73 Å². The molecule has 4 nitrogen and oxygen atoms in total. The van der Waals surface area contributed by atoms with Crippen LogP contribution < -0.4 is 10.5 Å². The van der Waals surface area contributed by atoms with Crippen LogP contribution in [0.2, 0.25) is 0 Å². The quantitative estimate of drug-likeness (QED) is 0.806. The fraction of sp³-hybridized carbons (Fsp3) is 0.538. The summed E-state index contributed by atoms with van der Waals surface area (Å²) >= 11 is 0. The molecule has 0 radical (unpaired) electrons. The van der Waals surface area contributed by atoms with Crippen molar-refractivity contribution in [2.45, 2.75) is 38.1 Å². The van der Waals surface area contributed by atoms with E-state index in [0.29, 0.717) is 12.5 Å². The van der Waals surface area contributed by atoms with Gasteiger partial charge in [0.1, 0.15) is 5.82 Å². The van der Waals surface area contributed by atoms with Gasteiger partial charge in [-0.1, -0.05) is 26.7 Å². The maximum Gasteiger partial charge on any atom is 0.240 e. The van der Waals surface area contributed by atoms with Gasteiger partial charge in [0, 0.05) is 18.7 Å². The molecule has 0 aliphatic heterocycles. The molecule has 1 aromatic carbocycles. The van der Waals surface area contributed by atoms with Crippen LogP contribution in [0.4, 0.5) is 4.39 Å². The number of rotatable bonds is 7. The minimum absolute atomic E-state index is 0.0261. The van der Waals surface area contributed by atoms with Gasteiger partial charge in [-0.2, -0.15) is 0 Å². The Labute approximate surface area is 114 Å². The minimum Gasteiger partial charge on any atom is -0.326 e. The molecule has 108 valence electrons. The highest BCUT2D eigenvalue weighted by Gasteiger charge is 2.17. The van der Waals surface area contributed by atoms with E-state index < -0.39 is 15.8 Å². The van der Waals surface area contributed by atoms with Crippen LogP contribution in [0.15, 0.2) is 23.1 Å². The van der Waals surface area contributed by atoms with E-state index in [1.54, 1.807) is 0 Å². The molecule has 6 heteroatoms. The number of sulfonamides is 1. The molecular formula is C13H21FN2O2S. The van der Waals surface area contributed by atoms with Crippen molar-refractivity contribution in [3.05, 3.63) is 29.6 Å². The Hall–Kier alpha value is -0.980. The maximum atomic E-state index is 13.3. The Kier molecular flexibility index (Phi) is 5.90. The second kappa shape index (κ2) is 6.98.